The summed E-state index contributed by atoms with van der Waals surface area (Å²) in [5.74, 6) is -0.00277. The van der Waals surface area contributed by atoms with Gasteiger partial charge in [0, 0.05) is 23.7 Å². The Balaban J connectivity index is 2.81. The summed E-state index contributed by atoms with van der Waals surface area (Å²) >= 11 is 1.32. The van der Waals surface area contributed by atoms with Crippen LogP contribution in [0.15, 0.2) is 15.0 Å². The Kier molecular flexibility index (Phi) is 2.51. The first-order valence-corrected chi connectivity index (χ1v) is 5.57. The number of nitrogens with one attached hydrogen (secondary N) is 1. The topological polar surface area (TPSA) is 71.9 Å². The van der Waals surface area contributed by atoms with E-state index in [0.29, 0.717) is 15.8 Å². The van der Waals surface area contributed by atoms with Gasteiger partial charge in [-0.2, -0.15) is 0 Å². The number of fused-ring (bicyclic) bond motifs is 1. The fraction of sp³-hybridized carbons (Fsp3) is 0.300. The van der Waals surface area contributed by atoms with Crippen molar-refractivity contribution in [1.82, 2.24) is 9.55 Å². The summed E-state index contributed by atoms with van der Waals surface area (Å²) in [4.78, 5) is 37.5. The zero-order valence-corrected chi connectivity index (χ0v) is 9.68. The van der Waals surface area contributed by atoms with Crippen LogP contribution in [-0.4, -0.2) is 15.3 Å². The van der Waals surface area contributed by atoms with Crippen LogP contribution in [0.3, 0.4) is 0 Å². The largest absolute Gasteiger partial charge is 0.328 e. The number of Topliss-reactive ketones (excluding diaryl/α,β-unsaturated/α-hetero) is 1. The minimum Gasteiger partial charge on any atom is -0.306 e. The Labute approximate surface area is 94.3 Å². The highest BCUT2D eigenvalue weighted by Gasteiger charge is 2.12. The summed E-state index contributed by atoms with van der Waals surface area (Å²) in [6, 6.07) is 0. The summed E-state index contributed by atoms with van der Waals surface area (Å²) in [5, 5.41) is 2.14. The summed E-state index contributed by atoms with van der Waals surface area (Å²) in [6.07, 6.45) is 0.232. The first-order chi connectivity index (χ1) is 7.50. The Hall–Kier alpha value is -1.69. The molecule has 0 aliphatic carbocycles. The minimum absolute atomic E-state index is 0.00277. The van der Waals surface area contributed by atoms with E-state index in [9.17, 15) is 14.4 Å². The number of hydrogen-bond acceptors (Lipinski definition) is 4. The molecule has 0 aliphatic heterocycles. The number of thiophene rings is 1. The van der Waals surface area contributed by atoms with E-state index < -0.39 is 5.69 Å². The van der Waals surface area contributed by atoms with Gasteiger partial charge in [-0.25, -0.2) is 4.79 Å². The molecule has 0 saturated heterocycles. The van der Waals surface area contributed by atoms with Crippen molar-refractivity contribution in [3.63, 3.8) is 0 Å². The number of ketones is 1. The van der Waals surface area contributed by atoms with E-state index in [4.69, 9.17) is 0 Å². The minimum atomic E-state index is -0.440. The van der Waals surface area contributed by atoms with E-state index in [0.717, 1.165) is 4.57 Å². The predicted octanol–water partition coefficient (Wildman–Crippen LogP) is 0.420. The molecule has 0 aromatic carbocycles. The van der Waals surface area contributed by atoms with Gasteiger partial charge in [-0.3, -0.25) is 14.2 Å². The molecule has 0 bridgehead atoms. The van der Waals surface area contributed by atoms with E-state index >= 15 is 0 Å². The SMILES string of the molecule is CC(=O)Cc1scc2[nH]c(=O)n(C)c(=O)c12. The van der Waals surface area contributed by atoms with Gasteiger partial charge in [0.05, 0.1) is 10.9 Å². The fourth-order valence-electron chi connectivity index (χ4n) is 1.54. The molecule has 0 radical (unpaired) electrons. The summed E-state index contributed by atoms with van der Waals surface area (Å²) in [6.45, 7) is 1.47. The molecule has 16 heavy (non-hydrogen) atoms. The number of aromatic amines is 1. The standard InChI is InChI=1S/C10H10N2O3S/c1-5(13)3-7-8-6(4-16-7)11-10(15)12(2)9(8)14/h4H,3H2,1-2H3,(H,11,15). The summed E-state index contributed by atoms with van der Waals surface area (Å²) in [5.41, 5.74) is -0.282. The number of nitrogens with zero attached hydrogens (tertiary/aromatic N) is 1. The molecular formula is C10H10N2O3S. The van der Waals surface area contributed by atoms with Gasteiger partial charge in [0.25, 0.3) is 5.56 Å². The fourth-order valence-corrected chi connectivity index (χ4v) is 2.58. The van der Waals surface area contributed by atoms with Crippen molar-refractivity contribution in [1.29, 1.82) is 0 Å². The molecule has 2 heterocycles. The van der Waals surface area contributed by atoms with Gasteiger partial charge in [0.2, 0.25) is 0 Å². The molecule has 0 saturated carbocycles. The first-order valence-electron chi connectivity index (χ1n) is 4.69. The highest BCUT2D eigenvalue weighted by Crippen LogP contribution is 2.20. The second-order valence-electron chi connectivity index (χ2n) is 3.62. The van der Waals surface area contributed by atoms with Gasteiger partial charge < -0.3 is 4.98 Å². The molecule has 2 rings (SSSR count). The Morgan fingerprint density at radius 1 is 1.50 bits per heavy atom. The average molecular weight is 238 g/mol. The Morgan fingerprint density at radius 3 is 2.81 bits per heavy atom. The number of rotatable bonds is 2. The third-order valence-corrected chi connectivity index (χ3v) is 3.33. The van der Waals surface area contributed by atoms with Crippen molar-refractivity contribution in [3.8, 4) is 0 Å². The third kappa shape index (κ3) is 1.61. The molecule has 0 amide bonds. The molecule has 2 aromatic rings. The molecule has 0 aliphatic rings. The van der Waals surface area contributed by atoms with Crippen LogP contribution in [0.25, 0.3) is 10.9 Å². The maximum atomic E-state index is 11.9. The molecule has 0 fully saturated rings. The monoisotopic (exact) mass is 238 g/mol. The average Bonchev–Trinajstić information content (AvgIpc) is 2.57. The second-order valence-corrected chi connectivity index (χ2v) is 4.58. The number of carbonyl (C=O) groups is 1. The van der Waals surface area contributed by atoms with Crippen LogP contribution >= 0.6 is 11.3 Å². The lowest BCUT2D eigenvalue weighted by atomic mass is 10.2. The third-order valence-electron chi connectivity index (χ3n) is 2.34. The van der Waals surface area contributed by atoms with Crippen molar-refractivity contribution < 1.29 is 4.79 Å². The van der Waals surface area contributed by atoms with E-state index in [1.54, 1.807) is 5.38 Å². The van der Waals surface area contributed by atoms with Crippen LogP contribution in [0.4, 0.5) is 0 Å². The smallest absolute Gasteiger partial charge is 0.306 e. The van der Waals surface area contributed by atoms with Gasteiger partial charge in [-0.15, -0.1) is 11.3 Å². The zero-order chi connectivity index (χ0) is 11.9. The lowest BCUT2D eigenvalue weighted by molar-refractivity contribution is -0.116. The molecule has 5 nitrogen and oxygen atoms in total. The Morgan fingerprint density at radius 2 is 2.19 bits per heavy atom. The molecule has 6 heteroatoms. The van der Waals surface area contributed by atoms with Crippen LogP contribution in [0.1, 0.15) is 11.8 Å². The normalized spacial score (nSPS) is 10.9. The zero-order valence-electron chi connectivity index (χ0n) is 8.86. The second kappa shape index (κ2) is 3.71. The molecule has 0 spiro atoms. The highest BCUT2D eigenvalue weighted by molar-refractivity contribution is 7.11. The molecule has 0 atom stereocenters. The molecule has 0 unspecified atom stereocenters. The van der Waals surface area contributed by atoms with E-state index in [1.807, 2.05) is 0 Å². The number of aromatic nitrogens is 2. The Bertz CT molecular complexity index is 677. The van der Waals surface area contributed by atoms with Crippen LogP contribution in [0.5, 0.6) is 0 Å². The van der Waals surface area contributed by atoms with Gasteiger partial charge >= 0.3 is 5.69 Å². The summed E-state index contributed by atoms with van der Waals surface area (Å²) < 4.78 is 1.01. The number of hydrogen-bond donors (Lipinski definition) is 1. The number of carbonyl (C=O) groups excluding carboxylic acids is 1. The molecule has 84 valence electrons. The lowest BCUT2D eigenvalue weighted by Crippen LogP contribution is -2.32. The van der Waals surface area contributed by atoms with E-state index in [1.165, 1.54) is 25.3 Å². The van der Waals surface area contributed by atoms with Gasteiger partial charge in [0.1, 0.15) is 5.78 Å². The van der Waals surface area contributed by atoms with Gasteiger partial charge in [0.15, 0.2) is 0 Å². The molecule has 1 N–H and O–H groups in total. The van der Waals surface area contributed by atoms with Crippen LogP contribution in [0.2, 0.25) is 0 Å². The van der Waals surface area contributed by atoms with Crippen LogP contribution in [-0.2, 0) is 18.3 Å². The maximum Gasteiger partial charge on any atom is 0.328 e. The van der Waals surface area contributed by atoms with Crippen molar-refractivity contribution in [3.05, 3.63) is 31.1 Å². The summed E-state index contributed by atoms with van der Waals surface area (Å²) in [7, 11) is 1.41. The van der Waals surface area contributed by atoms with Gasteiger partial charge in [-0.1, -0.05) is 0 Å². The number of H-pyrrole nitrogens is 1. The molecular weight excluding hydrogens is 228 g/mol. The van der Waals surface area contributed by atoms with Crippen molar-refractivity contribution in [2.24, 2.45) is 7.05 Å². The van der Waals surface area contributed by atoms with E-state index in [-0.39, 0.29) is 17.8 Å². The van der Waals surface area contributed by atoms with Crippen LogP contribution in [0, 0.1) is 0 Å². The first kappa shape index (κ1) is 10.8. The highest BCUT2D eigenvalue weighted by atomic mass is 32.1. The van der Waals surface area contributed by atoms with Crippen LogP contribution < -0.4 is 11.2 Å². The maximum absolute atomic E-state index is 11.9. The van der Waals surface area contributed by atoms with Crippen molar-refractivity contribution in [2.75, 3.05) is 0 Å². The quantitative estimate of drug-likeness (QED) is 0.824. The van der Waals surface area contributed by atoms with Crippen molar-refractivity contribution >= 4 is 28.0 Å². The van der Waals surface area contributed by atoms with Gasteiger partial charge in [-0.05, 0) is 6.92 Å². The van der Waals surface area contributed by atoms with E-state index in [2.05, 4.69) is 4.98 Å². The van der Waals surface area contributed by atoms with Crippen molar-refractivity contribution in [2.45, 2.75) is 13.3 Å². The predicted molar refractivity (Wildman–Crippen MR) is 62.1 cm³/mol. The molecule has 2 aromatic heterocycles. The lowest BCUT2D eigenvalue weighted by Gasteiger charge is -1.98.